The lowest BCUT2D eigenvalue weighted by Gasteiger charge is -2.32. The molecule has 3 aromatic rings. The molecule has 0 aliphatic rings. The average Bonchev–Trinajstić information content (AvgIpc) is 2.85. The molecule has 0 saturated heterocycles. The summed E-state index contributed by atoms with van der Waals surface area (Å²) in [5.74, 6) is -0.316. The number of nitrogens with one attached hydrogen (secondary N) is 1. The third-order valence-electron chi connectivity index (χ3n) is 5.69. The average molecular weight is 461 g/mol. The first-order valence-electron chi connectivity index (χ1n) is 11.8. The highest BCUT2D eigenvalue weighted by atomic mass is 19.1. The van der Waals surface area contributed by atoms with Crippen LogP contribution in [0.15, 0.2) is 84.9 Å². The van der Waals surface area contributed by atoms with Crippen molar-refractivity contribution in [2.45, 2.75) is 45.7 Å². The Labute approximate surface area is 201 Å². The Morgan fingerprint density at radius 3 is 2.00 bits per heavy atom. The van der Waals surface area contributed by atoms with E-state index < -0.39 is 6.04 Å². The summed E-state index contributed by atoms with van der Waals surface area (Å²) in [6.45, 7) is 4.84. The van der Waals surface area contributed by atoms with E-state index in [-0.39, 0.29) is 30.6 Å². The van der Waals surface area contributed by atoms with Crippen molar-refractivity contribution in [2.75, 3.05) is 6.54 Å². The van der Waals surface area contributed by atoms with Crippen LogP contribution in [-0.2, 0) is 29.0 Å². The maximum atomic E-state index is 13.5. The predicted octanol–water partition coefficient (Wildman–Crippen LogP) is 5.17. The van der Waals surface area contributed by atoms with Crippen molar-refractivity contribution < 1.29 is 14.0 Å². The van der Waals surface area contributed by atoms with Gasteiger partial charge in [0, 0.05) is 25.9 Å². The zero-order chi connectivity index (χ0) is 24.3. The molecular weight excluding hydrogens is 427 g/mol. The smallest absolute Gasteiger partial charge is 0.243 e. The quantitative estimate of drug-likeness (QED) is 0.429. The molecule has 0 heterocycles. The molecule has 3 rings (SSSR count). The molecular formula is C29H33FN2O2. The first-order valence-corrected chi connectivity index (χ1v) is 11.8. The molecule has 0 saturated carbocycles. The van der Waals surface area contributed by atoms with Gasteiger partial charge in [0.2, 0.25) is 11.8 Å². The molecule has 0 bridgehead atoms. The first kappa shape index (κ1) is 25.2. The van der Waals surface area contributed by atoms with Gasteiger partial charge < -0.3 is 10.2 Å². The summed E-state index contributed by atoms with van der Waals surface area (Å²) in [5, 5.41) is 3.01. The lowest BCUT2D eigenvalue weighted by atomic mass is 10.0. The SMILES string of the molecule is CC(C)CNC(=O)[C@@H](Cc1ccccc1)N(Cc1ccc(F)cc1)C(=O)CCc1ccccc1. The molecule has 3 aromatic carbocycles. The van der Waals surface area contributed by atoms with Crippen molar-refractivity contribution in [1.29, 1.82) is 0 Å². The molecule has 1 atom stereocenters. The molecule has 0 radical (unpaired) electrons. The van der Waals surface area contributed by atoms with Crippen molar-refractivity contribution in [3.63, 3.8) is 0 Å². The van der Waals surface area contributed by atoms with E-state index in [2.05, 4.69) is 5.32 Å². The van der Waals surface area contributed by atoms with Crippen molar-refractivity contribution in [3.8, 4) is 0 Å². The van der Waals surface area contributed by atoms with Gasteiger partial charge in [-0.3, -0.25) is 9.59 Å². The highest BCUT2D eigenvalue weighted by Gasteiger charge is 2.30. The lowest BCUT2D eigenvalue weighted by Crippen LogP contribution is -2.51. The maximum Gasteiger partial charge on any atom is 0.243 e. The molecule has 178 valence electrons. The molecule has 0 spiro atoms. The van der Waals surface area contributed by atoms with E-state index in [9.17, 15) is 14.0 Å². The van der Waals surface area contributed by atoms with Crippen LogP contribution in [0.5, 0.6) is 0 Å². The fourth-order valence-corrected chi connectivity index (χ4v) is 3.80. The van der Waals surface area contributed by atoms with Crippen molar-refractivity contribution in [3.05, 3.63) is 107 Å². The number of rotatable bonds is 11. The molecule has 0 aliphatic carbocycles. The van der Waals surface area contributed by atoms with Gasteiger partial charge in [-0.15, -0.1) is 0 Å². The third kappa shape index (κ3) is 7.84. The number of hydrogen-bond acceptors (Lipinski definition) is 2. The van der Waals surface area contributed by atoms with Crippen LogP contribution >= 0.6 is 0 Å². The van der Waals surface area contributed by atoms with Crippen LogP contribution in [0.25, 0.3) is 0 Å². The standard InChI is InChI=1S/C29H33FN2O2/c1-22(2)20-31-29(34)27(19-24-11-7-4-8-12-24)32(21-25-13-16-26(30)17-14-25)28(33)18-15-23-9-5-3-6-10-23/h3-14,16-17,22,27H,15,18-21H2,1-2H3,(H,31,34)/t27-/m1/s1. The summed E-state index contributed by atoms with van der Waals surface area (Å²) >= 11 is 0. The minimum atomic E-state index is -0.672. The number of hydrogen-bond donors (Lipinski definition) is 1. The predicted molar refractivity (Wildman–Crippen MR) is 133 cm³/mol. The Bertz CT molecular complexity index is 1040. The number of aryl methyl sites for hydroxylation is 1. The number of halogens is 1. The lowest BCUT2D eigenvalue weighted by molar-refractivity contribution is -0.141. The van der Waals surface area contributed by atoms with Gasteiger partial charge >= 0.3 is 0 Å². The van der Waals surface area contributed by atoms with Crippen LogP contribution in [0.2, 0.25) is 0 Å². The molecule has 0 aliphatic heterocycles. The molecule has 0 unspecified atom stereocenters. The molecule has 0 aromatic heterocycles. The number of carbonyl (C=O) groups excluding carboxylic acids is 2. The highest BCUT2D eigenvalue weighted by Crippen LogP contribution is 2.17. The molecule has 4 nitrogen and oxygen atoms in total. The van der Waals surface area contributed by atoms with Gasteiger partial charge in [0.1, 0.15) is 11.9 Å². The van der Waals surface area contributed by atoms with E-state index in [1.54, 1.807) is 17.0 Å². The minimum Gasteiger partial charge on any atom is -0.354 e. The van der Waals surface area contributed by atoms with Crippen LogP contribution in [-0.4, -0.2) is 29.3 Å². The van der Waals surface area contributed by atoms with Crippen LogP contribution < -0.4 is 5.32 Å². The Morgan fingerprint density at radius 2 is 1.41 bits per heavy atom. The largest absolute Gasteiger partial charge is 0.354 e. The summed E-state index contributed by atoms with van der Waals surface area (Å²) in [6.07, 6.45) is 1.28. The second-order valence-electron chi connectivity index (χ2n) is 8.98. The van der Waals surface area contributed by atoms with Crippen molar-refractivity contribution >= 4 is 11.8 Å². The van der Waals surface area contributed by atoms with Gasteiger partial charge in [0.05, 0.1) is 0 Å². The maximum absolute atomic E-state index is 13.5. The third-order valence-corrected chi connectivity index (χ3v) is 5.69. The molecule has 5 heteroatoms. The Hall–Kier alpha value is -3.47. The summed E-state index contributed by atoms with van der Waals surface area (Å²) in [7, 11) is 0. The van der Waals surface area contributed by atoms with Gasteiger partial charge in [0.15, 0.2) is 0 Å². The Morgan fingerprint density at radius 1 is 0.824 bits per heavy atom. The van der Waals surface area contributed by atoms with Gasteiger partial charge in [-0.05, 0) is 41.2 Å². The molecule has 0 fully saturated rings. The second-order valence-corrected chi connectivity index (χ2v) is 8.98. The van der Waals surface area contributed by atoms with E-state index in [0.717, 1.165) is 16.7 Å². The van der Waals surface area contributed by atoms with Gasteiger partial charge in [-0.2, -0.15) is 0 Å². The number of benzene rings is 3. The van der Waals surface area contributed by atoms with Crippen LogP contribution in [0.4, 0.5) is 4.39 Å². The summed E-state index contributed by atoms with van der Waals surface area (Å²) in [4.78, 5) is 28.5. The number of carbonyl (C=O) groups is 2. The molecule has 2 amide bonds. The van der Waals surface area contributed by atoms with Crippen molar-refractivity contribution in [1.82, 2.24) is 10.2 Å². The van der Waals surface area contributed by atoms with Crippen LogP contribution in [0.1, 0.15) is 37.0 Å². The van der Waals surface area contributed by atoms with E-state index in [1.807, 2.05) is 74.5 Å². The first-order chi connectivity index (χ1) is 16.4. The fraction of sp³-hybridized carbons (Fsp3) is 0.310. The topological polar surface area (TPSA) is 49.4 Å². The van der Waals surface area contributed by atoms with E-state index in [1.165, 1.54) is 12.1 Å². The van der Waals surface area contributed by atoms with Crippen LogP contribution in [0.3, 0.4) is 0 Å². The summed E-state index contributed by atoms with van der Waals surface area (Å²) in [5.41, 5.74) is 2.83. The highest BCUT2D eigenvalue weighted by molar-refractivity contribution is 5.88. The van der Waals surface area contributed by atoms with Crippen molar-refractivity contribution in [2.24, 2.45) is 5.92 Å². The second kappa shape index (κ2) is 12.7. The molecule has 34 heavy (non-hydrogen) atoms. The van der Waals surface area contributed by atoms with Gasteiger partial charge in [0.25, 0.3) is 0 Å². The van der Waals surface area contributed by atoms with Gasteiger partial charge in [-0.25, -0.2) is 4.39 Å². The number of nitrogens with zero attached hydrogens (tertiary/aromatic N) is 1. The zero-order valence-corrected chi connectivity index (χ0v) is 19.9. The minimum absolute atomic E-state index is 0.103. The Kier molecular flexibility index (Phi) is 9.39. The van der Waals surface area contributed by atoms with E-state index >= 15 is 0 Å². The number of amides is 2. The molecule has 1 N–H and O–H groups in total. The summed E-state index contributed by atoms with van der Waals surface area (Å²) < 4.78 is 13.5. The normalized spacial score (nSPS) is 11.8. The fourth-order valence-electron chi connectivity index (χ4n) is 3.80. The Balaban J connectivity index is 1.88. The van der Waals surface area contributed by atoms with Crippen LogP contribution in [0, 0.1) is 11.7 Å². The zero-order valence-electron chi connectivity index (χ0n) is 19.9. The van der Waals surface area contributed by atoms with Gasteiger partial charge in [-0.1, -0.05) is 86.6 Å². The van der Waals surface area contributed by atoms with E-state index in [0.29, 0.717) is 25.3 Å². The monoisotopic (exact) mass is 460 g/mol. The summed E-state index contributed by atoms with van der Waals surface area (Å²) in [6, 6.07) is 25.0. The van der Waals surface area contributed by atoms with E-state index in [4.69, 9.17) is 0 Å².